The number of aromatic nitrogens is 4. The SMILES string of the molecule is CN(C)C1CCN(c2ccc(-c3c(F)cc4ncc5c6c4c3OC3CCCC3n6c(=O)n5C)cn2)CC1. The summed E-state index contributed by atoms with van der Waals surface area (Å²) in [6, 6.07) is 5.90. The summed E-state index contributed by atoms with van der Waals surface area (Å²) in [6.45, 7) is 1.90. The third-order valence-electron chi connectivity index (χ3n) is 8.69. The van der Waals surface area contributed by atoms with E-state index in [0.29, 0.717) is 33.8 Å². The Balaban J connectivity index is 1.36. The van der Waals surface area contributed by atoms with Crippen molar-refractivity contribution in [2.24, 2.45) is 7.05 Å². The van der Waals surface area contributed by atoms with Crippen LogP contribution in [-0.4, -0.2) is 63.3 Å². The van der Waals surface area contributed by atoms with Gasteiger partial charge in [0.2, 0.25) is 0 Å². The Labute approximate surface area is 214 Å². The smallest absolute Gasteiger partial charge is 0.329 e. The first-order valence-corrected chi connectivity index (χ1v) is 13.2. The van der Waals surface area contributed by atoms with Crippen LogP contribution in [0.15, 0.2) is 35.4 Å². The zero-order chi connectivity index (χ0) is 25.4. The number of imidazole rings is 1. The molecule has 0 spiro atoms. The highest BCUT2D eigenvalue weighted by molar-refractivity contribution is 6.09. The number of nitrogens with zero attached hydrogens (tertiary/aromatic N) is 6. The summed E-state index contributed by atoms with van der Waals surface area (Å²) in [5.41, 5.74) is 3.00. The second-order valence-electron chi connectivity index (χ2n) is 10.9. The Bertz CT molecular complexity index is 1580. The molecule has 3 aromatic heterocycles. The van der Waals surface area contributed by atoms with Crippen molar-refractivity contribution in [2.75, 3.05) is 32.1 Å². The molecular formula is C28H31FN6O2. The van der Waals surface area contributed by atoms with Gasteiger partial charge < -0.3 is 14.5 Å². The fraction of sp³-hybridized carbons (Fsp3) is 0.464. The monoisotopic (exact) mass is 502 g/mol. The quantitative estimate of drug-likeness (QED) is 0.420. The molecule has 1 aliphatic carbocycles. The van der Waals surface area contributed by atoms with E-state index in [0.717, 1.165) is 62.0 Å². The van der Waals surface area contributed by atoms with E-state index in [1.54, 1.807) is 24.0 Å². The molecule has 37 heavy (non-hydrogen) atoms. The summed E-state index contributed by atoms with van der Waals surface area (Å²) in [7, 11) is 6.04. The number of pyridine rings is 2. The minimum atomic E-state index is -0.392. The highest BCUT2D eigenvalue weighted by Crippen LogP contribution is 2.47. The second kappa shape index (κ2) is 8.28. The molecule has 2 aliphatic heterocycles. The molecule has 0 radical (unpaired) electrons. The van der Waals surface area contributed by atoms with Gasteiger partial charge in [0.15, 0.2) is 0 Å². The molecule has 4 aromatic rings. The van der Waals surface area contributed by atoms with E-state index in [-0.39, 0.29) is 17.8 Å². The molecule has 9 heteroatoms. The van der Waals surface area contributed by atoms with Crippen molar-refractivity contribution >= 4 is 27.8 Å². The van der Waals surface area contributed by atoms with Crippen LogP contribution in [0.3, 0.4) is 0 Å². The fourth-order valence-electron chi connectivity index (χ4n) is 6.63. The highest BCUT2D eigenvalue weighted by Gasteiger charge is 2.38. The van der Waals surface area contributed by atoms with Crippen LogP contribution >= 0.6 is 0 Å². The van der Waals surface area contributed by atoms with Gasteiger partial charge in [-0.15, -0.1) is 0 Å². The first-order chi connectivity index (χ1) is 17.9. The average molecular weight is 503 g/mol. The Morgan fingerprint density at radius 1 is 1.08 bits per heavy atom. The number of aryl methyl sites for hydroxylation is 1. The van der Waals surface area contributed by atoms with Gasteiger partial charge >= 0.3 is 5.69 Å². The number of hydrogen-bond acceptors (Lipinski definition) is 6. The normalized spacial score (nSPS) is 21.7. The number of rotatable bonds is 3. The molecule has 7 rings (SSSR count). The van der Waals surface area contributed by atoms with E-state index in [4.69, 9.17) is 9.72 Å². The van der Waals surface area contributed by atoms with Crippen molar-refractivity contribution in [3.8, 4) is 16.9 Å². The van der Waals surface area contributed by atoms with Gasteiger partial charge in [-0.05, 0) is 58.3 Å². The zero-order valence-electron chi connectivity index (χ0n) is 21.4. The van der Waals surface area contributed by atoms with Crippen molar-refractivity contribution in [3.63, 3.8) is 0 Å². The van der Waals surface area contributed by atoms with Gasteiger partial charge in [-0.1, -0.05) is 0 Å². The number of anilines is 1. The van der Waals surface area contributed by atoms with Gasteiger partial charge in [-0.3, -0.25) is 14.1 Å². The molecular weight excluding hydrogens is 471 g/mol. The summed E-state index contributed by atoms with van der Waals surface area (Å²) < 4.78 is 25.9. The van der Waals surface area contributed by atoms with Gasteiger partial charge in [0.25, 0.3) is 0 Å². The molecule has 2 fully saturated rings. The lowest BCUT2D eigenvalue weighted by molar-refractivity contribution is 0.167. The standard InChI is InChI=1S/C28H31FN6O2/c1-32(2)17-9-11-34(12-10-17)23-8-7-16(14-31-23)24-18(29)13-19-25-26-21(15-30-19)33(3)28(36)35(26)20-5-4-6-22(20)37-27(24)25/h7-8,13-15,17,20,22H,4-6,9-12H2,1-3H3. The van der Waals surface area contributed by atoms with E-state index in [1.165, 1.54) is 6.07 Å². The van der Waals surface area contributed by atoms with Crippen LogP contribution in [0.4, 0.5) is 10.2 Å². The van der Waals surface area contributed by atoms with Crippen molar-refractivity contribution in [1.82, 2.24) is 24.0 Å². The lowest BCUT2D eigenvalue weighted by Gasteiger charge is -2.35. The average Bonchev–Trinajstić information content (AvgIpc) is 3.41. The summed E-state index contributed by atoms with van der Waals surface area (Å²) in [5, 5.41) is 0.704. The molecule has 0 amide bonds. The molecule has 1 aromatic carbocycles. The first-order valence-electron chi connectivity index (χ1n) is 13.2. The van der Waals surface area contributed by atoms with Crippen LogP contribution in [0.25, 0.3) is 33.1 Å². The van der Waals surface area contributed by atoms with Crippen molar-refractivity contribution in [2.45, 2.75) is 50.3 Å². The lowest BCUT2D eigenvalue weighted by Crippen LogP contribution is -2.42. The van der Waals surface area contributed by atoms with Gasteiger partial charge in [0, 0.05) is 44.0 Å². The highest BCUT2D eigenvalue weighted by atomic mass is 19.1. The molecule has 3 aliphatic rings. The second-order valence-corrected chi connectivity index (χ2v) is 10.9. The van der Waals surface area contributed by atoms with Crippen molar-refractivity contribution < 1.29 is 9.13 Å². The molecule has 2 unspecified atom stereocenters. The van der Waals surface area contributed by atoms with Gasteiger partial charge in [-0.25, -0.2) is 14.2 Å². The molecule has 0 bridgehead atoms. The maximum Gasteiger partial charge on any atom is 0.329 e. The van der Waals surface area contributed by atoms with Crippen molar-refractivity contribution in [3.05, 3.63) is 46.9 Å². The Kier molecular flexibility index (Phi) is 5.08. The lowest BCUT2D eigenvalue weighted by atomic mass is 10.0. The Morgan fingerprint density at radius 2 is 1.89 bits per heavy atom. The summed E-state index contributed by atoms with van der Waals surface area (Å²) >= 11 is 0. The molecule has 2 atom stereocenters. The summed E-state index contributed by atoms with van der Waals surface area (Å²) in [5.74, 6) is 0.992. The Morgan fingerprint density at radius 3 is 2.62 bits per heavy atom. The largest absolute Gasteiger partial charge is 0.487 e. The van der Waals surface area contributed by atoms with Crippen LogP contribution in [0.1, 0.15) is 38.1 Å². The van der Waals surface area contributed by atoms with Crippen molar-refractivity contribution in [1.29, 1.82) is 0 Å². The maximum absolute atomic E-state index is 15.8. The van der Waals surface area contributed by atoms with Gasteiger partial charge in [0.05, 0.1) is 39.7 Å². The van der Waals surface area contributed by atoms with Crippen LogP contribution in [-0.2, 0) is 7.05 Å². The van der Waals surface area contributed by atoms with E-state index in [1.807, 2.05) is 16.7 Å². The molecule has 1 saturated carbocycles. The topological polar surface area (TPSA) is 68.4 Å². The van der Waals surface area contributed by atoms with E-state index >= 15 is 4.39 Å². The Hall–Kier alpha value is -3.46. The molecule has 5 heterocycles. The van der Waals surface area contributed by atoms with Gasteiger partial charge in [-0.2, -0.15) is 0 Å². The van der Waals surface area contributed by atoms with Crippen LogP contribution in [0.5, 0.6) is 5.75 Å². The fourth-order valence-corrected chi connectivity index (χ4v) is 6.63. The van der Waals surface area contributed by atoms with Crippen LogP contribution < -0.4 is 15.3 Å². The molecule has 192 valence electrons. The minimum absolute atomic E-state index is 0.0734. The number of ether oxygens (including phenoxy) is 1. The van der Waals surface area contributed by atoms with E-state index in [2.05, 4.69) is 28.9 Å². The first kappa shape index (κ1) is 22.7. The predicted octanol–water partition coefficient (Wildman–Crippen LogP) is 4.11. The molecule has 8 nitrogen and oxygen atoms in total. The third kappa shape index (κ3) is 3.32. The number of fused-ring (bicyclic) bond motifs is 2. The number of piperidine rings is 1. The van der Waals surface area contributed by atoms with Crippen LogP contribution in [0.2, 0.25) is 0 Å². The van der Waals surface area contributed by atoms with E-state index < -0.39 is 5.82 Å². The predicted molar refractivity (Wildman–Crippen MR) is 142 cm³/mol. The maximum atomic E-state index is 15.8. The van der Waals surface area contributed by atoms with E-state index in [9.17, 15) is 4.79 Å². The zero-order valence-corrected chi connectivity index (χ0v) is 21.4. The molecule has 0 N–H and O–H groups in total. The van der Waals surface area contributed by atoms with Crippen LogP contribution in [0, 0.1) is 5.82 Å². The summed E-state index contributed by atoms with van der Waals surface area (Å²) in [6.07, 6.45) is 8.07. The minimum Gasteiger partial charge on any atom is -0.487 e. The number of halogens is 1. The summed E-state index contributed by atoms with van der Waals surface area (Å²) in [4.78, 5) is 27.2. The third-order valence-corrected chi connectivity index (χ3v) is 8.69. The molecule has 1 saturated heterocycles. The number of benzene rings is 1. The van der Waals surface area contributed by atoms with Gasteiger partial charge in [0.1, 0.15) is 23.5 Å². The number of hydrogen-bond donors (Lipinski definition) is 0.